The number of nitrogens with one attached hydrogen (secondary N) is 1. The molecule has 0 radical (unpaired) electrons. The summed E-state index contributed by atoms with van der Waals surface area (Å²) >= 11 is 0. The summed E-state index contributed by atoms with van der Waals surface area (Å²) in [5, 5.41) is 3.22. The van der Waals surface area contributed by atoms with Gasteiger partial charge in [-0.05, 0) is 58.2 Å². The summed E-state index contributed by atoms with van der Waals surface area (Å²) < 4.78 is 77.2. The van der Waals surface area contributed by atoms with Gasteiger partial charge in [0.15, 0.2) is 0 Å². The minimum atomic E-state index is -4.93. The van der Waals surface area contributed by atoms with E-state index >= 15 is 0 Å². The van der Waals surface area contributed by atoms with Gasteiger partial charge in [-0.3, -0.25) is 0 Å². The Kier molecular flexibility index (Phi) is 10.4. The molecule has 0 amide bonds. The minimum absolute atomic E-state index is 0. The van der Waals surface area contributed by atoms with Crippen molar-refractivity contribution in [2.45, 2.75) is 22.9 Å². The Hall–Kier alpha value is -1.02. The molecule has 35 heavy (non-hydrogen) atoms. The van der Waals surface area contributed by atoms with E-state index in [4.69, 9.17) is 4.74 Å². The van der Waals surface area contributed by atoms with Crippen LogP contribution in [0.2, 0.25) is 0 Å². The van der Waals surface area contributed by atoms with Crippen LogP contribution >= 0.6 is 0 Å². The molecule has 4 rings (SSSR count). The molecule has 8 nitrogen and oxygen atoms in total. The molecule has 12 heteroatoms. The van der Waals surface area contributed by atoms with Gasteiger partial charge in [-0.2, -0.15) is 0 Å². The van der Waals surface area contributed by atoms with E-state index in [-0.39, 0.29) is 76.0 Å². The zero-order valence-corrected chi connectivity index (χ0v) is 25.1. The third-order valence-electron chi connectivity index (χ3n) is 5.42. The van der Waals surface area contributed by atoms with Crippen LogP contribution in [0.4, 0.5) is 0 Å². The molecule has 3 aromatic rings. The number of benzene rings is 3. The molecular formula is C23H19NNa2O7S2. The third-order valence-corrected chi connectivity index (χ3v) is 7.20. The molecule has 172 valence electrons. The summed E-state index contributed by atoms with van der Waals surface area (Å²) in [5.74, 6) is 0.176. The normalized spacial score (nSPS) is 13.4. The molecule has 0 fully saturated rings. The van der Waals surface area contributed by atoms with Crippen molar-refractivity contribution in [1.29, 1.82) is 0 Å². The monoisotopic (exact) mass is 531 g/mol. The second-order valence-electron chi connectivity index (χ2n) is 7.41. The summed E-state index contributed by atoms with van der Waals surface area (Å²) in [4.78, 5) is -0.965. The van der Waals surface area contributed by atoms with E-state index in [0.717, 1.165) is 17.2 Å². The molecule has 1 aliphatic heterocycles. The summed E-state index contributed by atoms with van der Waals surface area (Å²) in [5.41, 5.74) is 2.94. The predicted octanol–water partition coefficient (Wildman–Crippen LogP) is -3.30. The van der Waals surface area contributed by atoms with Crippen molar-refractivity contribution in [1.82, 2.24) is 5.32 Å². The first kappa shape index (κ1) is 30.2. The summed E-state index contributed by atoms with van der Waals surface area (Å²) in [6.45, 7) is 1.11. The molecule has 0 bridgehead atoms. The van der Waals surface area contributed by atoms with Gasteiger partial charge in [0, 0.05) is 18.7 Å². The number of hydrogen-bond donors (Lipinski definition) is 1. The predicted molar refractivity (Wildman–Crippen MR) is 119 cm³/mol. The average molecular weight is 532 g/mol. The zero-order valence-electron chi connectivity index (χ0n) is 19.4. The Morgan fingerprint density at radius 3 is 2.20 bits per heavy atom. The smallest absolute Gasteiger partial charge is 0.744 e. The van der Waals surface area contributed by atoms with Gasteiger partial charge < -0.3 is 19.2 Å². The fourth-order valence-electron chi connectivity index (χ4n) is 3.93. The number of hydrogen-bond acceptors (Lipinski definition) is 8. The summed E-state index contributed by atoms with van der Waals surface area (Å²) in [6.07, 6.45) is 1.43. The second-order valence-corrected chi connectivity index (χ2v) is 10.1. The van der Waals surface area contributed by atoms with Crippen LogP contribution in [0.15, 0.2) is 70.5 Å². The SMILES string of the molecule is COc1ccc(C(=Cc2ccccc2S(=O)(=O)[O-])c2cccc3c2CNC3)c(S(=O)(=O)[O-])c1.[Na+].[Na+]. The van der Waals surface area contributed by atoms with E-state index in [0.29, 0.717) is 24.2 Å². The Labute approximate surface area is 248 Å². The number of methoxy groups -OCH3 is 1. The molecule has 3 aromatic carbocycles. The average Bonchev–Trinajstić information content (AvgIpc) is 3.25. The van der Waals surface area contributed by atoms with E-state index in [1.54, 1.807) is 18.2 Å². The molecule has 0 aliphatic carbocycles. The fourth-order valence-corrected chi connectivity index (χ4v) is 5.29. The van der Waals surface area contributed by atoms with Gasteiger partial charge in [0.2, 0.25) is 0 Å². The minimum Gasteiger partial charge on any atom is -0.744 e. The maximum atomic E-state index is 12.2. The van der Waals surface area contributed by atoms with Crippen molar-refractivity contribution < 1.29 is 89.8 Å². The molecule has 1 aliphatic rings. The van der Waals surface area contributed by atoms with Crippen LogP contribution in [-0.4, -0.2) is 33.1 Å². The van der Waals surface area contributed by atoms with E-state index in [1.165, 1.54) is 43.5 Å². The molecule has 0 unspecified atom stereocenters. The van der Waals surface area contributed by atoms with Crippen LogP contribution in [0.1, 0.15) is 27.8 Å². The maximum Gasteiger partial charge on any atom is 1.00 e. The summed E-state index contributed by atoms with van der Waals surface area (Å²) in [6, 6.07) is 15.2. The maximum absolute atomic E-state index is 12.2. The molecule has 0 spiro atoms. The summed E-state index contributed by atoms with van der Waals surface area (Å²) in [7, 11) is -8.40. The number of fused-ring (bicyclic) bond motifs is 1. The first-order valence-corrected chi connectivity index (χ1v) is 12.6. The van der Waals surface area contributed by atoms with Crippen LogP contribution in [0.3, 0.4) is 0 Å². The molecule has 0 saturated carbocycles. The Bertz CT molecular complexity index is 1490. The van der Waals surface area contributed by atoms with Gasteiger partial charge in [0.05, 0.1) is 16.9 Å². The van der Waals surface area contributed by atoms with Crippen molar-refractivity contribution in [2.75, 3.05) is 7.11 Å². The van der Waals surface area contributed by atoms with E-state index in [9.17, 15) is 25.9 Å². The quantitative estimate of drug-likeness (QED) is 0.199. The van der Waals surface area contributed by atoms with Crippen LogP contribution in [0.25, 0.3) is 11.6 Å². The largest absolute Gasteiger partial charge is 1.00 e. The van der Waals surface area contributed by atoms with Crippen LogP contribution in [-0.2, 0) is 33.3 Å². The number of rotatable bonds is 6. The molecular weight excluding hydrogens is 512 g/mol. The first-order valence-electron chi connectivity index (χ1n) is 9.82. The van der Waals surface area contributed by atoms with Gasteiger partial charge in [-0.15, -0.1) is 0 Å². The third kappa shape index (κ3) is 6.65. The van der Waals surface area contributed by atoms with Gasteiger partial charge in [0.25, 0.3) is 0 Å². The van der Waals surface area contributed by atoms with Gasteiger partial charge in [0.1, 0.15) is 26.0 Å². The van der Waals surface area contributed by atoms with E-state index in [2.05, 4.69) is 5.32 Å². The molecule has 0 aromatic heterocycles. The molecule has 1 N–H and O–H groups in total. The van der Waals surface area contributed by atoms with Crippen LogP contribution in [0, 0.1) is 0 Å². The van der Waals surface area contributed by atoms with Gasteiger partial charge in [-0.25, -0.2) is 16.8 Å². The van der Waals surface area contributed by atoms with Crippen molar-refractivity contribution >= 4 is 31.9 Å². The molecule has 1 heterocycles. The standard InChI is InChI=1S/C23H21NO7S2.2Na/c1-31-17-9-10-19(23(12-17)33(28,29)30)20(18-7-4-6-16-13-24-14-21(16)18)11-15-5-2-3-8-22(15)32(25,26)27;;/h2-12,24H,13-14H2,1H3,(H,25,26,27)(H,28,29,30);;/q;2*+1/p-2. The fraction of sp³-hybridized carbons (Fsp3) is 0.130. The first-order chi connectivity index (χ1) is 15.6. The Morgan fingerprint density at radius 2 is 1.54 bits per heavy atom. The topological polar surface area (TPSA) is 136 Å². The van der Waals surface area contributed by atoms with E-state index < -0.39 is 30.0 Å². The van der Waals surface area contributed by atoms with Crippen molar-refractivity contribution in [3.63, 3.8) is 0 Å². The van der Waals surface area contributed by atoms with Gasteiger partial charge >= 0.3 is 59.1 Å². The van der Waals surface area contributed by atoms with Crippen LogP contribution < -0.4 is 69.2 Å². The second kappa shape index (κ2) is 12.0. The van der Waals surface area contributed by atoms with Gasteiger partial charge in [-0.1, -0.05) is 36.4 Å². The van der Waals surface area contributed by atoms with Crippen LogP contribution in [0.5, 0.6) is 5.75 Å². The number of ether oxygens (including phenoxy) is 1. The Balaban J connectivity index is 0.00000216. The van der Waals surface area contributed by atoms with Crippen molar-refractivity contribution in [2.24, 2.45) is 0 Å². The molecule has 0 saturated heterocycles. The van der Waals surface area contributed by atoms with E-state index in [1.807, 2.05) is 6.07 Å². The Morgan fingerprint density at radius 1 is 0.857 bits per heavy atom. The van der Waals surface area contributed by atoms with Crippen molar-refractivity contribution in [3.05, 3.63) is 88.5 Å². The van der Waals surface area contributed by atoms with Crippen molar-refractivity contribution in [3.8, 4) is 5.75 Å². The zero-order chi connectivity index (χ0) is 23.8. The molecule has 0 atom stereocenters.